The highest BCUT2D eigenvalue weighted by Gasteiger charge is 2.15. The molecule has 8 heteroatoms. The highest BCUT2D eigenvalue weighted by Crippen LogP contribution is 2.28. The van der Waals surface area contributed by atoms with Gasteiger partial charge in [0.25, 0.3) is 5.56 Å². The molecule has 0 radical (unpaired) electrons. The monoisotopic (exact) mass is 455 g/mol. The zero-order valence-corrected chi connectivity index (χ0v) is 18.3. The lowest BCUT2D eigenvalue weighted by Gasteiger charge is -2.10. The van der Waals surface area contributed by atoms with Crippen molar-refractivity contribution >= 4 is 50.6 Å². The van der Waals surface area contributed by atoms with E-state index >= 15 is 0 Å². The van der Waals surface area contributed by atoms with E-state index in [4.69, 9.17) is 0 Å². The maximum Gasteiger partial charge on any atom is 0.280 e. The summed E-state index contributed by atoms with van der Waals surface area (Å²) in [5.74, 6) is 0. The van der Waals surface area contributed by atoms with Gasteiger partial charge in [-0.25, -0.2) is 4.68 Å². The molecule has 142 valence electrons. The van der Waals surface area contributed by atoms with Crippen LogP contribution in [0.15, 0.2) is 38.5 Å². The zero-order chi connectivity index (χ0) is 20.0. The van der Waals surface area contributed by atoms with E-state index < -0.39 is 0 Å². The third-order valence-electron chi connectivity index (χ3n) is 4.98. The molecular weight excluding hydrogens is 438 g/mol. The number of H-pyrrole nitrogens is 1. The van der Waals surface area contributed by atoms with Crippen molar-refractivity contribution < 1.29 is 0 Å². The van der Waals surface area contributed by atoms with Gasteiger partial charge in [0.05, 0.1) is 28.7 Å². The Kier molecular flexibility index (Phi) is 4.76. The average molecular weight is 456 g/mol. The van der Waals surface area contributed by atoms with E-state index in [-0.39, 0.29) is 5.56 Å². The Morgan fingerprint density at radius 2 is 1.89 bits per heavy atom. The predicted molar refractivity (Wildman–Crippen MR) is 118 cm³/mol. The molecule has 1 N–H and O–H groups in total. The van der Waals surface area contributed by atoms with Crippen LogP contribution < -0.4 is 5.56 Å². The maximum atomic E-state index is 13.1. The summed E-state index contributed by atoms with van der Waals surface area (Å²) in [7, 11) is 0. The molecule has 2 aromatic heterocycles. The van der Waals surface area contributed by atoms with Crippen LogP contribution in [0.1, 0.15) is 27.9 Å². The molecule has 2 aromatic carbocycles. The van der Waals surface area contributed by atoms with Crippen molar-refractivity contribution in [2.75, 3.05) is 0 Å². The van der Waals surface area contributed by atoms with Gasteiger partial charge >= 0.3 is 0 Å². The Labute approximate surface area is 174 Å². The first-order valence-corrected chi connectivity index (χ1v) is 10.2. The fourth-order valence-corrected chi connectivity index (χ4v) is 4.09. The molecule has 0 spiro atoms. The van der Waals surface area contributed by atoms with Gasteiger partial charge in [0.2, 0.25) is 0 Å². The molecule has 28 heavy (non-hydrogen) atoms. The minimum Gasteiger partial charge on any atom is -0.295 e. The van der Waals surface area contributed by atoms with E-state index in [0.717, 1.165) is 61.0 Å². The number of benzene rings is 2. The van der Waals surface area contributed by atoms with Crippen molar-refractivity contribution in [3.05, 3.63) is 67.0 Å². The van der Waals surface area contributed by atoms with Crippen molar-refractivity contribution in [1.29, 1.82) is 0 Å². The maximum absolute atomic E-state index is 13.1. The van der Waals surface area contributed by atoms with Crippen molar-refractivity contribution in [3.8, 4) is 5.69 Å². The summed E-state index contributed by atoms with van der Waals surface area (Å²) < 4.78 is 11.2. The Morgan fingerprint density at radius 1 is 1.11 bits per heavy atom. The molecule has 0 atom stereocenters. The van der Waals surface area contributed by atoms with Crippen LogP contribution in [0.2, 0.25) is 0 Å². The Hall–Kier alpha value is -2.58. The van der Waals surface area contributed by atoms with Gasteiger partial charge in [-0.15, -0.1) is 0 Å². The minimum atomic E-state index is -0.132. The topological polar surface area (TPSA) is 75.9 Å². The van der Waals surface area contributed by atoms with Crippen molar-refractivity contribution in [1.82, 2.24) is 18.5 Å². The molecular formula is C20H18BrN5OS. The molecule has 0 unspecified atom stereocenters. The molecule has 2 heterocycles. The smallest absolute Gasteiger partial charge is 0.280 e. The van der Waals surface area contributed by atoms with E-state index in [1.165, 1.54) is 0 Å². The van der Waals surface area contributed by atoms with Gasteiger partial charge in [-0.2, -0.15) is 8.75 Å². The van der Waals surface area contributed by atoms with Gasteiger partial charge in [-0.05, 0) is 62.6 Å². The van der Waals surface area contributed by atoms with Crippen molar-refractivity contribution in [2.45, 2.75) is 27.7 Å². The number of hydrogen-bond acceptors (Lipinski definition) is 5. The van der Waals surface area contributed by atoms with Crippen LogP contribution in [0, 0.1) is 27.7 Å². The van der Waals surface area contributed by atoms with Crippen LogP contribution in [0.5, 0.6) is 0 Å². The lowest BCUT2D eigenvalue weighted by molar-refractivity contribution is 0.827. The number of hydrogen-bond donors (Lipinski definition) is 1. The summed E-state index contributed by atoms with van der Waals surface area (Å²) in [6.07, 6.45) is 1.62. The standard InChI is InChI=1S/C20H18BrN5OS/c1-10-5-7-16-19(25-28-24-16)18(10)22-9-14-13(4)23-26(20(14)27)17-8-6-15(21)11(2)12(17)3/h5-9,23H,1-4H3. The van der Waals surface area contributed by atoms with Gasteiger partial charge in [-0.3, -0.25) is 14.9 Å². The van der Waals surface area contributed by atoms with Crippen LogP contribution in [-0.4, -0.2) is 24.7 Å². The van der Waals surface area contributed by atoms with Crippen LogP contribution in [0.4, 0.5) is 5.69 Å². The molecule has 0 fully saturated rings. The largest absolute Gasteiger partial charge is 0.295 e. The summed E-state index contributed by atoms with van der Waals surface area (Å²) in [5.41, 5.74) is 7.43. The Bertz CT molecular complexity index is 1300. The van der Waals surface area contributed by atoms with E-state index in [9.17, 15) is 4.79 Å². The van der Waals surface area contributed by atoms with E-state index in [2.05, 4.69) is 34.8 Å². The number of halogens is 1. The Balaban J connectivity index is 1.82. The second-order valence-electron chi connectivity index (χ2n) is 6.73. The molecule has 0 aliphatic carbocycles. The zero-order valence-electron chi connectivity index (χ0n) is 15.9. The van der Waals surface area contributed by atoms with Gasteiger partial charge in [0.1, 0.15) is 11.0 Å². The van der Waals surface area contributed by atoms with E-state index in [0.29, 0.717) is 5.56 Å². The number of aryl methyl sites for hydroxylation is 2. The number of fused-ring (bicyclic) bond motifs is 1. The summed E-state index contributed by atoms with van der Waals surface area (Å²) in [6, 6.07) is 7.77. The van der Waals surface area contributed by atoms with E-state index in [1.54, 1.807) is 10.9 Å². The second kappa shape index (κ2) is 7.10. The number of aliphatic imine (C=N–C) groups is 1. The first-order valence-electron chi connectivity index (χ1n) is 8.72. The summed E-state index contributed by atoms with van der Waals surface area (Å²) >= 11 is 4.70. The minimum absolute atomic E-state index is 0.132. The summed E-state index contributed by atoms with van der Waals surface area (Å²) in [5, 5.41) is 3.17. The van der Waals surface area contributed by atoms with Crippen LogP contribution in [0.25, 0.3) is 16.7 Å². The highest BCUT2D eigenvalue weighted by molar-refractivity contribution is 9.10. The SMILES string of the molecule is Cc1ccc2nsnc2c1N=Cc1c(C)[nH]n(-c2ccc(Br)c(C)c2C)c1=O. The molecule has 0 aliphatic heterocycles. The van der Waals surface area contributed by atoms with Crippen molar-refractivity contribution in [2.24, 2.45) is 4.99 Å². The van der Waals surface area contributed by atoms with Crippen molar-refractivity contribution in [3.63, 3.8) is 0 Å². The molecule has 4 aromatic rings. The van der Waals surface area contributed by atoms with Crippen LogP contribution >= 0.6 is 27.7 Å². The lowest BCUT2D eigenvalue weighted by atomic mass is 10.1. The highest BCUT2D eigenvalue weighted by atomic mass is 79.9. The quantitative estimate of drug-likeness (QED) is 0.445. The fraction of sp³-hybridized carbons (Fsp3) is 0.200. The number of rotatable bonds is 3. The predicted octanol–water partition coefficient (Wildman–Crippen LogP) is 4.92. The fourth-order valence-electron chi connectivity index (χ4n) is 3.13. The average Bonchev–Trinajstić information content (AvgIpc) is 3.25. The Morgan fingerprint density at radius 3 is 2.68 bits per heavy atom. The van der Waals surface area contributed by atoms with Gasteiger partial charge in [0.15, 0.2) is 0 Å². The van der Waals surface area contributed by atoms with Gasteiger partial charge < -0.3 is 0 Å². The normalized spacial score (nSPS) is 11.8. The number of aromatic nitrogens is 4. The first kappa shape index (κ1) is 18.8. The molecule has 0 bridgehead atoms. The molecule has 0 saturated heterocycles. The summed E-state index contributed by atoms with van der Waals surface area (Å²) in [6.45, 7) is 7.88. The molecule has 0 saturated carbocycles. The molecule has 0 amide bonds. The lowest BCUT2D eigenvalue weighted by Crippen LogP contribution is -2.18. The molecule has 4 rings (SSSR count). The number of aromatic amines is 1. The molecule has 0 aliphatic rings. The van der Waals surface area contributed by atoms with Gasteiger partial charge in [-0.1, -0.05) is 22.0 Å². The van der Waals surface area contributed by atoms with Gasteiger partial charge in [0, 0.05) is 16.4 Å². The van der Waals surface area contributed by atoms with Crippen LogP contribution in [0.3, 0.4) is 0 Å². The summed E-state index contributed by atoms with van der Waals surface area (Å²) in [4.78, 5) is 17.7. The van der Waals surface area contributed by atoms with E-state index in [1.807, 2.05) is 52.0 Å². The number of nitrogens with zero attached hydrogens (tertiary/aromatic N) is 4. The third-order valence-corrected chi connectivity index (χ3v) is 6.38. The first-order chi connectivity index (χ1) is 13.4. The third kappa shape index (κ3) is 3.02. The number of nitrogens with one attached hydrogen (secondary N) is 1. The molecule has 6 nitrogen and oxygen atoms in total. The second-order valence-corrected chi connectivity index (χ2v) is 8.11. The van der Waals surface area contributed by atoms with Crippen LogP contribution in [-0.2, 0) is 0 Å².